The van der Waals surface area contributed by atoms with Gasteiger partial charge in [-0.25, -0.2) is 0 Å². The van der Waals surface area contributed by atoms with Crippen LogP contribution in [0.25, 0.3) is 5.57 Å². The summed E-state index contributed by atoms with van der Waals surface area (Å²) in [7, 11) is -1.67. The Kier molecular flexibility index (Phi) is 4.29. The molecule has 0 saturated carbocycles. The number of hydrogen-bond acceptors (Lipinski definition) is 2. The molecule has 3 heteroatoms. The van der Waals surface area contributed by atoms with E-state index in [2.05, 4.69) is 19.6 Å². The molecule has 0 unspecified atom stereocenters. The molecule has 17 heavy (non-hydrogen) atoms. The second-order valence-electron chi connectivity index (χ2n) is 5.07. The van der Waals surface area contributed by atoms with Gasteiger partial charge >= 0.3 is 0 Å². The molecule has 0 aliphatic heterocycles. The Balaban J connectivity index is 3.18. The fourth-order valence-corrected chi connectivity index (χ4v) is 2.79. The summed E-state index contributed by atoms with van der Waals surface area (Å²) in [5.74, 6) is 0.787. The molecule has 0 aromatic heterocycles. The van der Waals surface area contributed by atoms with Gasteiger partial charge in [0.2, 0.25) is 8.32 Å². The number of Topliss-reactive ketones (excluding diaryl/α,β-unsaturated/α-hetero) is 1. The van der Waals surface area contributed by atoms with Gasteiger partial charge in [-0.05, 0) is 39.1 Å². The number of hydrogen-bond donors (Lipinski definition) is 0. The minimum atomic E-state index is -1.67. The predicted molar refractivity (Wildman–Crippen MR) is 74.1 cm³/mol. The molecular formula is C14H20O2Si. The minimum Gasteiger partial charge on any atom is -0.547 e. The van der Waals surface area contributed by atoms with E-state index in [-0.39, 0.29) is 5.78 Å². The van der Waals surface area contributed by atoms with Crippen molar-refractivity contribution in [2.75, 3.05) is 0 Å². The van der Waals surface area contributed by atoms with E-state index in [1.54, 1.807) is 6.92 Å². The Morgan fingerprint density at radius 2 is 1.59 bits per heavy atom. The molecule has 0 saturated heterocycles. The molecule has 0 fully saturated rings. The van der Waals surface area contributed by atoms with Gasteiger partial charge in [-0.15, -0.1) is 0 Å². The molecule has 0 N–H and O–H groups in total. The minimum absolute atomic E-state index is 0.0481. The Labute approximate surface area is 104 Å². The van der Waals surface area contributed by atoms with Crippen LogP contribution in [0.3, 0.4) is 0 Å². The van der Waals surface area contributed by atoms with Crippen molar-refractivity contribution in [2.45, 2.75) is 33.5 Å². The zero-order chi connectivity index (χ0) is 13.1. The highest BCUT2D eigenvalue weighted by molar-refractivity contribution is 6.70. The summed E-state index contributed by atoms with van der Waals surface area (Å²) in [6, 6.07) is 9.68. The highest BCUT2D eigenvalue weighted by Crippen LogP contribution is 2.23. The molecule has 0 spiro atoms. The Morgan fingerprint density at radius 3 is 2.00 bits per heavy atom. The molecule has 0 bridgehead atoms. The molecule has 0 aliphatic carbocycles. The zero-order valence-corrected chi connectivity index (χ0v) is 12.2. The summed E-state index contributed by atoms with van der Waals surface area (Å²) >= 11 is 0. The summed E-state index contributed by atoms with van der Waals surface area (Å²) in [5, 5.41) is 0. The van der Waals surface area contributed by atoms with E-state index in [0.717, 1.165) is 11.3 Å². The van der Waals surface area contributed by atoms with E-state index in [1.807, 2.05) is 37.3 Å². The van der Waals surface area contributed by atoms with Gasteiger partial charge in [-0.2, -0.15) is 0 Å². The summed E-state index contributed by atoms with van der Waals surface area (Å²) < 4.78 is 5.91. The molecule has 1 aromatic carbocycles. The summed E-state index contributed by atoms with van der Waals surface area (Å²) in [6.07, 6.45) is 0. The normalized spacial score (nSPS) is 13.0. The lowest BCUT2D eigenvalue weighted by atomic mass is 10.0. The second-order valence-corrected chi connectivity index (χ2v) is 9.50. The lowest BCUT2D eigenvalue weighted by Gasteiger charge is -2.21. The van der Waals surface area contributed by atoms with E-state index in [4.69, 9.17) is 4.43 Å². The molecular weight excluding hydrogens is 228 g/mol. The van der Waals surface area contributed by atoms with Crippen LogP contribution < -0.4 is 0 Å². The molecule has 1 rings (SSSR count). The number of ketones is 1. The van der Waals surface area contributed by atoms with Crippen molar-refractivity contribution in [3.8, 4) is 0 Å². The largest absolute Gasteiger partial charge is 0.547 e. The van der Waals surface area contributed by atoms with Crippen molar-refractivity contribution in [3.05, 3.63) is 41.7 Å². The maximum atomic E-state index is 11.7. The molecule has 0 atom stereocenters. The number of allylic oxidation sites excluding steroid dienone is 2. The first-order chi connectivity index (χ1) is 7.81. The number of carbonyl (C=O) groups excluding carboxylic acids is 1. The van der Waals surface area contributed by atoms with Crippen LogP contribution in [0.1, 0.15) is 19.4 Å². The van der Waals surface area contributed by atoms with Gasteiger partial charge in [0.1, 0.15) is 0 Å². The summed E-state index contributed by atoms with van der Waals surface area (Å²) in [4.78, 5) is 11.7. The fraction of sp³-hybridized carbons (Fsp3) is 0.357. The standard InChI is InChI=1S/C14H20O2Si/c1-11(15)14(12(2)16-17(3,4)5)13-9-7-6-8-10-13/h6-10H,1-5H3/b14-12+. The number of carbonyl (C=O) groups is 1. The van der Waals surface area contributed by atoms with Crippen LogP contribution in [0.15, 0.2) is 36.1 Å². The van der Waals surface area contributed by atoms with Gasteiger partial charge in [-0.3, -0.25) is 4.79 Å². The van der Waals surface area contributed by atoms with Gasteiger partial charge in [0.05, 0.1) is 11.3 Å². The first kappa shape index (κ1) is 13.7. The van der Waals surface area contributed by atoms with Crippen LogP contribution in [-0.2, 0) is 9.22 Å². The van der Waals surface area contributed by atoms with Crippen LogP contribution >= 0.6 is 0 Å². The van der Waals surface area contributed by atoms with Gasteiger partial charge in [0.25, 0.3) is 0 Å². The smallest absolute Gasteiger partial charge is 0.241 e. The van der Waals surface area contributed by atoms with Gasteiger partial charge in [0.15, 0.2) is 5.78 Å². The highest BCUT2D eigenvalue weighted by Gasteiger charge is 2.20. The van der Waals surface area contributed by atoms with Crippen molar-refractivity contribution in [2.24, 2.45) is 0 Å². The third-order valence-electron chi connectivity index (χ3n) is 2.23. The first-order valence-corrected chi connectivity index (χ1v) is 9.18. The third kappa shape index (κ3) is 4.19. The average Bonchev–Trinajstić information content (AvgIpc) is 2.15. The van der Waals surface area contributed by atoms with Gasteiger partial charge < -0.3 is 4.43 Å². The van der Waals surface area contributed by atoms with Crippen LogP contribution in [0.4, 0.5) is 0 Å². The van der Waals surface area contributed by atoms with E-state index in [1.165, 1.54) is 0 Å². The highest BCUT2D eigenvalue weighted by atomic mass is 28.4. The topological polar surface area (TPSA) is 26.3 Å². The number of rotatable bonds is 4. The van der Waals surface area contributed by atoms with Crippen LogP contribution in [0, 0.1) is 0 Å². The van der Waals surface area contributed by atoms with Crippen LogP contribution in [0.2, 0.25) is 19.6 Å². The molecule has 1 aromatic rings. The molecule has 0 radical (unpaired) electrons. The van der Waals surface area contributed by atoms with Crippen molar-refractivity contribution in [1.29, 1.82) is 0 Å². The fourth-order valence-electron chi connectivity index (χ4n) is 1.77. The maximum Gasteiger partial charge on any atom is 0.241 e. The van der Waals surface area contributed by atoms with Gasteiger partial charge in [0, 0.05) is 0 Å². The molecule has 0 heterocycles. The van der Waals surface area contributed by atoms with E-state index >= 15 is 0 Å². The molecule has 0 amide bonds. The zero-order valence-electron chi connectivity index (χ0n) is 11.2. The van der Waals surface area contributed by atoms with Crippen molar-refractivity contribution in [3.63, 3.8) is 0 Å². The van der Waals surface area contributed by atoms with Crippen LogP contribution in [0.5, 0.6) is 0 Å². The molecule has 2 nitrogen and oxygen atoms in total. The first-order valence-electron chi connectivity index (χ1n) is 5.77. The quantitative estimate of drug-likeness (QED) is 0.459. The lowest BCUT2D eigenvalue weighted by molar-refractivity contribution is -0.111. The Morgan fingerprint density at radius 1 is 1.06 bits per heavy atom. The van der Waals surface area contributed by atoms with Crippen molar-refractivity contribution >= 4 is 19.7 Å². The van der Waals surface area contributed by atoms with Crippen molar-refractivity contribution in [1.82, 2.24) is 0 Å². The lowest BCUT2D eigenvalue weighted by Crippen LogP contribution is -2.25. The Hall–Kier alpha value is -1.35. The number of benzene rings is 1. The average molecular weight is 248 g/mol. The predicted octanol–water partition coefficient (Wildman–Crippen LogP) is 3.86. The Bertz CT molecular complexity index is 427. The SMILES string of the molecule is CC(=O)/C(=C(/C)O[Si](C)(C)C)c1ccccc1. The van der Waals surface area contributed by atoms with E-state index in [9.17, 15) is 4.79 Å². The van der Waals surface area contributed by atoms with Crippen LogP contribution in [-0.4, -0.2) is 14.1 Å². The monoisotopic (exact) mass is 248 g/mol. The second kappa shape index (κ2) is 5.32. The summed E-state index contributed by atoms with van der Waals surface area (Å²) in [6.45, 7) is 9.79. The molecule has 92 valence electrons. The third-order valence-corrected chi connectivity index (χ3v) is 3.14. The van der Waals surface area contributed by atoms with Gasteiger partial charge in [-0.1, -0.05) is 30.3 Å². The van der Waals surface area contributed by atoms with E-state index < -0.39 is 8.32 Å². The van der Waals surface area contributed by atoms with E-state index in [0.29, 0.717) is 5.57 Å². The summed E-state index contributed by atoms with van der Waals surface area (Å²) in [5.41, 5.74) is 1.61. The maximum absolute atomic E-state index is 11.7. The van der Waals surface area contributed by atoms with Crippen molar-refractivity contribution < 1.29 is 9.22 Å². The molecule has 0 aliphatic rings.